The number of carbonyl (C=O) groups is 2. The molecule has 0 fully saturated rings. The number of nitrogens with zero attached hydrogens (tertiary/aromatic N) is 1. The number of rotatable bonds is 2. The van der Waals surface area contributed by atoms with E-state index in [9.17, 15) is 9.59 Å². The fraction of sp³-hybridized carbons (Fsp3) is 0.273. The molecule has 1 aromatic carbocycles. The molecule has 0 unspecified atom stereocenters. The Balaban J connectivity index is 3.05. The van der Waals surface area contributed by atoms with E-state index in [2.05, 4.69) is 0 Å². The van der Waals surface area contributed by atoms with Crippen LogP contribution < -0.4 is 4.90 Å². The highest BCUT2D eigenvalue weighted by atomic mass is 16.2. The second-order valence-electron chi connectivity index (χ2n) is 3.18. The maximum atomic E-state index is 11.1. The van der Waals surface area contributed by atoms with Gasteiger partial charge in [0.15, 0.2) is 5.78 Å². The van der Waals surface area contributed by atoms with Gasteiger partial charge in [0, 0.05) is 25.2 Å². The van der Waals surface area contributed by atoms with Crippen LogP contribution in [-0.4, -0.2) is 18.7 Å². The minimum atomic E-state index is -0.0503. The summed E-state index contributed by atoms with van der Waals surface area (Å²) in [7, 11) is 1.68. The number of Topliss-reactive ketones (excluding diaryl/α,β-unsaturated/α-hetero) is 1. The fourth-order valence-electron chi connectivity index (χ4n) is 1.12. The van der Waals surface area contributed by atoms with Crippen LogP contribution in [0.4, 0.5) is 5.69 Å². The summed E-state index contributed by atoms with van der Waals surface area (Å²) in [5.41, 5.74) is 1.36. The summed E-state index contributed by atoms with van der Waals surface area (Å²) in [6.07, 6.45) is 0. The summed E-state index contributed by atoms with van der Waals surface area (Å²) in [6.45, 7) is 2.99. The first-order chi connectivity index (χ1) is 6.52. The Morgan fingerprint density at radius 2 is 1.86 bits per heavy atom. The molecule has 0 aliphatic rings. The third-order valence-electron chi connectivity index (χ3n) is 2.11. The summed E-state index contributed by atoms with van der Waals surface area (Å²) < 4.78 is 0. The molecule has 0 heterocycles. The number of ketones is 1. The van der Waals surface area contributed by atoms with Gasteiger partial charge >= 0.3 is 0 Å². The fourth-order valence-corrected chi connectivity index (χ4v) is 1.12. The van der Waals surface area contributed by atoms with Crippen LogP contribution in [0, 0.1) is 0 Å². The normalized spacial score (nSPS) is 9.64. The molecular weight excluding hydrogens is 178 g/mol. The lowest BCUT2D eigenvalue weighted by Gasteiger charge is -2.15. The second-order valence-corrected chi connectivity index (χ2v) is 3.18. The van der Waals surface area contributed by atoms with E-state index in [4.69, 9.17) is 0 Å². The molecule has 0 N–H and O–H groups in total. The standard InChI is InChI=1S/C11H13NO2/c1-8(13)10-5-4-6-11(7-10)12(3)9(2)14/h4-7H,1-3H3. The number of anilines is 1. The highest BCUT2D eigenvalue weighted by Gasteiger charge is 2.06. The first-order valence-corrected chi connectivity index (χ1v) is 4.37. The van der Waals surface area contributed by atoms with Crippen molar-refractivity contribution in [1.82, 2.24) is 0 Å². The molecule has 3 heteroatoms. The van der Waals surface area contributed by atoms with Crippen molar-refractivity contribution in [3.63, 3.8) is 0 Å². The molecule has 0 radical (unpaired) electrons. The molecule has 0 saturated carbocycles. The topological polar surface area (TPSA) is 37.4 Å². The number of hydrogen-bond donors (Lipinski definition) is 0. The van der Waals surface area contributed by atoms with Gasteiger partial charge in [0.05, 0.1) is 0 Å². The molecule has 1 aromatic rings. The predicted octanol–water partition coefficient (Wildman–Crippen LogP) is 1.87. The van der Waals surface area contributed by atoms with Crippen molar-refractivity contribution in [3.8, 4) is 0 Å². The molecule has 0 atom stereocenters. The molecular formula is C11H13NO2. The lowest BCUT2D eigenvalue weighted by atomic mass is 10.1. The van der Waals surface area contributed by atoms with Gasteiger partial charge in [-0.3, -0.25) is 9.59 Å². The average Bonchev–Trinajstić information content (AvgIpc) is 2.16. The molecule has 1 rings (SSSR count). The maximum Gasteiger partial charge on any atom is 0.223 e. The zero-order valence-electron chi connectivity index (χ0n) is 8.57. The quantitative estimate of drug-likeness (QED) is 0.669. The molecule has 0 aromatic heterocycles. The number of amides is 1. The van der Waals surface area contributed by atoms with E-state index >= 15 is 0 Å². The zero-order valence-corrected chi connectivity index (χ0v) is 8.57. The molecule has 74 valence electrons. The van der Waals surface area contributed by atoms with Crippen molar-refractivity contribution in [2.75, 3.05) is 11.9 Å². The van der Waals surface area contributed by atoms with Crippen LogP contribution in [0.1, 0.15) is 24.2 Å². The molecule has 0 bridgehead atoms. The van der Waals surface area contributed by atoms with Gasteiger partial charge < -0.3 is 4.90 Å². The highest BCUT2D eigenvalue weighted by Crippen LogP contribution is 2.15. The average molecular weight is 191 g/mol. The van der Waals surface area contributed by atoms with Crippen LogP contribution in [0.15, 0.2) is 24.3 Å². The van der Waals surface area contributed by atoms with E-state index in [-0.39, 0.29) is 11.7 Å². The number of benzene rings is 1. The van der Waals surface area contributed by atoms with Gasteiger partial charge in [-0.25, -0.2) is 0 Å². The summed E-state index contributed by atoms with van der Waals surface area (Å²) in [5, 5.41) is 0. The van der Waals surface area contributed by atoms with Crippen molar-refractivity contribution in [1.29, 1.82) is 0 Å². The monoisotopic (exact) mass is 191 g/mol. The third-order valence-corrected chi connectivity index (χ3v) is 2.11. The summed E-state index contributed by atoms with van der Waals surface area (Å²) in [4.78, 5) is 23.7. The Bertz CT molecular complexity index is 371. The summed E-state index contributed by atoms with van der Waals surface area (Å²) in [6, 6.07) is 7.02. The first kappa shape index (κ1) is 10.4. The Morgan fingerprint density at radius 1 is 1.21 bits per heavy atom. The van der Waals surface area contributed by atoms with Crippen LogP contribution in [-0.2, 0) is 4.79 Å². The maximum absolute atomic E-state index is 11.1. The van der Waals surface area contributed by atoms with Gasteiger partial charge in [0.1, 0.15) is 0 Å². The largest absolute Gasteiger partial charge is 0.316 e. The summed E-state index contributed by atoms with van der Waals surface area (Å²) in [5.74, 6) is -0.0468. The predicted molar refractivity (Wildman–Crippen MR) is 55.5 cm³/mol. The highest BCUT2D eigenvalue weighted by molar-refractivity contribution is 5.97. The van der Waals surface area contributed by atoms with E-state index in [1.54, 1.807) is 31.3 Å². The number of hydrogen-bond acceptors (Lipinski definition) is 2. The molecule has 0 aliphatic carbocycles. The van der Waals surface area contributed by atoms with Gasteiger partial charge in [0.25, 0.3) is 0 Å². The van der Waals surface area contributed by atoms with Crippen molar-refractivity contribution in [3.05, 3.63) is 29.8 Å². The third kappa shape index (κ3) is 2.19. The van der Waals surface area contributed by atoms with E-state index in [0.29, 0.717) is 5.56 Å². The molecule has 0 saturated heterocycles. The van der Waals surface area contributed by atoms with Crippen molar-refractivity contribution >= 4 is 17.4 Å². The van der Waals surface area contributed by atoms with Crippen molar-refractivity contribution in [2.45, 2.75) is 13.8 Å². The Kier molecular flexibility index (Phi) is 3.02. The van der Waals surface area contributed by atoms with Crippen LogP contribution in [0.5, 0.6) is 0 Å². The molecule has 14 heavy (non-hydrogen) atoms. The minimum Gasteiger partial charge on any atom is -0.316 e. The number of carbonyl (C=O) groups excluding carboxylic acids is 2. The van der Waals surface area contributed by atoms with Gasteiger partial charge in [-0.05, 0) is 19.1 Å². The van der Waals surface area contributed by atoms with Crippen LogP contribution in [0.2, 0.25) is 0 Å². The van der Waals surface area contributed by atoms with Gasteiger partial charge in [-0.2, -0.15) is 0 Å². The molecule has 3 nitrogen and oxygen atoms in total. The zero-order chi connectivity index (χ0) is 10.7. The second kappa shape index (κ2) is 4.05. The Labute approximate surface area is 83.3 Å². The van der Waals surface area contributed by atoms with Gasteiger partial charge in [-0.1, -0.05) is 12.1 Å². The van der Waals surface area contributed by atoms with E-state index in [0.717, 1.165) is 5.69 Å². The first-order valence-electron chi connectivity index (χ1n) is 4.37. The van der Waals surface area contributed by atoms with E-state index in [1.807, 2.05) is 0 Å². The van der Waals surface area contributed by atoms with Crippen LogP contribution in [0.3, 0.4) is 0 Å². The van der Waals surface area contributed by atoms with Crippen LogP contribution in [0.25, 0.3) is 0 Å². The van der Waals surface area contributed by atoms with E-state index in [1.165, 1.54) is 18.7 Å². The molecule has 0 spiro atoms. The lowest BCUT2D eigenvalue weighted by molar-refractivity contribution is -0.116. The van der Waals surface area contributed by atoms with Gasteiger partial charge in [-0.15, -0.1) is 0 Å². The summed E-state index contributed by atoms with van der Waals surface area (Å²) >= 11 is 0. The SMILES string of the molecule is CC(=O)c1cccc(N(C)C(C)=O)c1. The molecule has 0 aliphatic heterocycles. The smallest absolute Gasteiger partial charge is 0.223 e. The lowest BCUT2D eigenvalue weighted by Crippen LogP contribution is -2.22. The van der Waals surface area contributed by atoms with E-state index < -0.39 is 0 Å². The van der Waals surface area contributed by atoms with Crippen LogP contribution >= 0.6 is 0 Å². The Morgan fingerprint density at radius 3 is 2.36 bits per heavy atom. The Hall–Kier alpha value is -1.64. The minimum absolute atomic E-state index is 0.00352. The van der Waals surface area contributed by atoms with Crippen molar-refractivity contribution in [2.24, 2.45) is 0 Å². The van der Waals surface area contributed by atoms with Crippen molar-refractivity contribution < 1.29 is 9.59 Å². The van der Waals surface area contributed by atoms with Gasteiger partial charge in [0.2, 0.25) is 5.91 Å². The molecule has 1 amide bonds.